The molecule has 1 amide bonds. The predicted molar refractivity (Wildman–Crippen MR) is 100 cm³/mol. The molecular weight excluding hydrogens is 352 g/mol. The fourth-order valence-electron chi connectivity index (χ4n) is 2.79. The third-order valence-corrected chi connectivity index (χ3v) is 4.43. The van der Waals surface area contributed by atoms with Crippen LogP contribution in [0.5, 0.6) is 0 Å². The molecule has 3 aromatic rings. The van der Waals surface area contributed by atoms with E-state index in [4.69, 9.17) is 16.1 Å². The molecule has 2 N–H and O–H groups in total. The molecule has 0 aliphatic carbocycles. The van der Waals surface area contributed by atoms with Crippen molar-refractivity contribution >= 4 is 17.5 Å². The number of benzene rings is 2. The minimum absolute atomic E-state index is 0.174. The molecule has 0 bridgehead atoms. The highest BCUT2D eigenvalue weighted by molar-refractivity contribution is 6.33. The van der Waals surface area contributed by atoms with E-state index in [9.17, 15) is 9.90 Å². The lowest BCUT2D eigenvalue weighted by atomic mass is 10.0. The Morgan fingerprint density at radius 2 is 1.88 bits per heavy atom. The molecule has 5 nitrogen and oxygen atoms in total. The van der Waals surface area contributed by atoms with E-state index < -0.39 is 6.04 Å². The van der Waals surface area contributed by atoms with E-state index in [0.717, 1.165) is 5.56 Å². The molecule has 134 valence electrons. The molecule has 6 heteroatoms. The Morgan fingerprint density at radius 3 is 2.58 bits per heavy atom. The van der Waals surface area contributed by atoms with Crippen molar-refractivity contribution in [2.24, 2.45) is 0 Å². The van der Waals surface area contributed by atoms with Gasteiger partial charge in [0, 0.05) is 5.56 Å². The van der Waals surface area contributed by atoms with Gasteiger partial charge in [-0.3, -0.25) is 4.79 Å². The van der Waals surface area contributed by atoms with Gasteiger partial charge in [-0.15, -0.1) is 0 Å². The van der Waals surface area contributed by atoms with Crippen molar-refractivity contribution < 1.29 is 14.4 Å². The molecule has 1 aromatic heterocycles. The molecule has 2 aromatic carbocycles. The SMILES string of the molecule is Cc1onc(-c2ccccc2Cl)c1C(=O)N[C@H](CO)Cc1ccccc1. The second-order valence-electron chi connectivity index (χ2n) is 5.98. The summed E-state index contributed by atoms with van der Waals surface area (Å²) in [7, 11) is 0. The Hall–Kier alpha value is -2.63. The van der Waals surface area contributed by atoms with E-state index in [1.54, 1.807) is 25.1 Å². The number of hydrogen-bond donors (Lipinski definition) is 2. The second kappa shape index (κ2) is 8.17. The fraction of sp³-hybridized carbons (Fsp3) is 0.200. The maximum absolute atomic E-state index is 12.8. The first-order valence-corrected chi connectivity index (χ1v) is 8.64. The Kier molecular flexibility index (Phi) is 5.71. The minimum Gasteiger partial charge on any atom is -0.394 e. The van der Waals surface area contributed by atoms with Crippen molar-refractivity contribution in [2.75, 3.05) is 6.61 Å². The lowest BCUT2D eigenvalue weighted by molar-refractivity contribution is 0.0915. The van der Waals surface area contributed by atoms with Crippen LogP contribution in [0.15, 0.2) is 59.1 Å². The summed E-state index contributed by atoms with van der Waals surface area (Å²) in [6.45, 7) is 1.50. The third kappa shape index (κ3) is 3.95. The molecule has 26 heavy (non-hydrogen) atoms. The van der Waals surface area contributed by atoms with E-state index in [-0.39, 0.29) is 12.5 Å². The maximum atomic E-state index is 12.8. The summed E-state index contributed by atoms with van der Waals surface area (Å²) in [6, 6.07) is 16.4. The van der Waals surface area contributed by atoms with E-state index >= 15 is 0 Å². The number of aromatic nitrogens is 1. The second-order valence-corrected chi connectivity index (χ2v) is 6.39. The Balaban J connectivity index is 1.84. The number of aryl methyl sites for hydroxylation is 1. The topological polar surface area (TPSA) is 75.4 Å². The van der Waals surface area contributed by atoms with Crippen LogP contribution < -0.4 is 5.32 Å². The normalized spacial score (nSPS) is 12.0. The number of halogens is 1. The lowest BCUT2D eigenvalue weighted by Gasteiger charge is -2.16. The Bertz CT molecular complexity index is 893. The van der Waals surface area contributed by atoms with Gasteiger partial charge in [-0.2, -0.15) is 0 Å². The number of carbonyl (C=O) groups excluding carboxylic acids is 1. The maximum Gasteiger partial charge on any atom is 0.257 e. The van der Waals surface area contributed by atoms with Crippen molar-refractivity contribution in [2.45, 2.75) is 19.4 Å². The van der Waals surface area contributed by atoms with Crippen LogP contribution in [0.1, 0.15) is 21.7 Å². The summed E-state index contributed by atoms with van der Waals surface area (Å²) in [6.07, 6.45) is 0.523. The number of hydrogen-bond acceptors (Lipinski definition) is 4. The number of aliphatic hydroxyl groups is 1. The summed E-state index contributed by atoms with van der Waals surface area (Å²) in [5, 5.41) is 17.0. The lowest BCUT2D eigenvalue weighted by Crippen LogP contribution is -2.39. The summed E-state index contributed by atoms with van der Waals surface area (Å²) in [5.74, 6) is 0.0440. The van der Waals surface area contributed by atoms with Crippen LogP contribution in [0.3, 0.4) is 0 Å². The van der Waals surface area contributed by atoms with Crippen molar-refractivity contribution in [1.29, 1.82) is 0 Å². The largest absolute Gasteiger partial charge is 0.394 e. The zero-order valence-electron chi connectivity index (χ0n) is 14.3. The van der Waals surface area contributed by atoms with Gasteiger partial charge in [-0.25, -0.2) is 0 Å². The summed E-state index contributed by atoms with van der Waals surface area (Å²) < 4.78 is 5.23. The molecule has 0 radical (unpaired) electrons. The molecule has 1 heterocycles. The first-order valence-electron chi connectivity index (χ1n) is 8.27. The van der Waals surface area contributed by atoms with Crippen LogP contribution in [-0.2, 0) is 6.42 Å². The highest BCUT2D eigenvalue weighted by Crippen LogP contribution is 2.31. The average molecular weight is 371 g/mol. The molecule has 0 aliphatic heterocycles. The summed E-state index contributed by atoms with van der Waals surface area (Å²) >= 11 is 6.23. The van der Waals surface area contributed by atoms with Crippen LogP contribution >= 0.6 is 11.6 Å². The standard InChI is InChI=1S/C20H19ClN2O3/c1-13-18(19(23-26-13)16-9-5-6-10-17(16)21)20(25)22-15(12-24)11-14-7-3-2-4-8-14/h2-10,15,24H,11-12H2,1H3,(H,22,25)/t15-/m0/s1. The van der Waals surface area contributed by atoms with Crippen LogP contribution in [-0.4, -0.2) is 28.8 Å². The quantitative estimate of drug-likeness (QED) is 0.694. The van der Waals surface area contributed by atoms with Crippen molar-refractivity contribution in [3.8, 4) is 11.3 Å². The molecule has 0 fully saturated rings. The number of nitrogens with one attached hydrogen (secondary N) is 1. The van der Waals surface area contributed by atoms with Crippen molar-refractivity contribution in [1.82, 2.24) is 10.5 Å². The summed E-state index contributed by atoms with van der Waals surface area (Å²) in [5.41, 5.74) is 2.37. The molecule has 0 aliphatic rings. The average Bonchev–Trinajstić information content (AvgIpc) is 3.03. The molecule has 0 saturated carbocycles. The van der Waals surface area contributed by atoms with Gasteiger partial charge < -0.3 is 14.9 Å². The number of rotatable bonds is 6. The smallest absolute Gasteiger partial charge is 0.257 e. The fourth-order valence-corrected chi connectivity index (χ4v) is 3.02. The van der Waals surface area contributed by atoms with Crippen molar-refractivity contribution in [3.63, 3.8) is 0 Å². The molecular formula is C20H19ClN2O3. The Labute approximate surface area is 156 Å². The minimum atomic E-state index is -0.418. The monoisotopic (exact) mass is 370 g/mol. The van der Waals surface area contributed by atoms with Crippen molar-refractivity contribution in [3.05, 3.63) is 76.5 Å². The number of carbonyl (C=O) groups is 1. The number of nitrogens with zero attached hydrogens (tertiary/aromatic N) is 1. The predicted octanol–water partition coefficient (Wildman–Crippen LogP) is 3.64. The molecule has 3 rings (SSSR count). The van der Waals surface area contributed by atoms with Gasteiger partial charge in [-0.05, 0) is 25.0 Å². The molecule has 0 spiro atoms. The van der Waals surface area contributed by atoms with Gasteiger partial charge in [0.25, 0.3) is 5.91 Å². The van der Waals surface area contributed by atoms with Gasteiger partial charge in [0.2, 0.25) is 0 Å². The molecule has 1 atom stereocenters. The third-order valence-electron chi connectivity index (χ3n) is 4.10. The van der Waals surface area contributed by atoms with Gasteiger partial charge in [0.05, 0.1) is 17.7 Å². The van der Waals surface area contributed by atoms with E-state index in [1.807, 2.05) is 36.4 Å². The highest BCUT2D eigenvalue weighted by Gasteiger charge is 2.24. The zero-order valence-corrected chi connectivity index (χ0v) is 15.0. The number of aliphatic hydroxyl groups excluding tert-OH is 1. The zero-order chi connectivity index (χ0) is 18.5. The van der Waals surface area contributed by atoms with E-state index in [1.165, 1.54) is 0 Å². The van der Waals surface area contributed by atoms with Crippen LogP contribution in [0, 0.1) is 6.92 Å². The highest BCUT2D eigenvalue weighted by atomic mass is 35.5. The van der Waals surface area contributed by atoms with Gasteiger partial charge in [0.15, 0.2) is 0 Å². The molecule has 0 unspecified atom stereocenters. The Morgan fingerprint density at radius 1 is 1.19 bits per heavy atom. The summed E-state index contributed by atoms with van der Waals surface area (Å²) in [4.78, 5) is 12.8. The van der Waals surface area contributed by atoms with Gasteiger partial charge in [0.1, 0.15) is 17.0 Å². The van der Waals surface area contributed by atoms with E-state index in [0.29, 0.717) is 34.0 Å². The molecule has 0 saturated heterocycles. The van der Waals surface area contributed by atoms with Gasteiger partial charge in [-0.1, -0.05) is 65.3 Å². The van der Waals surface area contributed by atoms with Crippen LogP contribution in [0.25, 0.3) is 11.3 Å². The van der Waals surface area contributed by atoms with Gasteiger partial charge >= 0.3 is 0 Å². The van der Waals surface area contributed by atoms with E-state index in [2.05, 4.69) is 10.5 Å². The van der Waals surface area contributed by atoms with Crippen LogP contribution in [0.2, 0.25) is 5.02 Å². The van der Waals surface area contributed by atoms with Crippen LogP contribution in [0.4, 0.5) is 0 Å². The number of amides is 1. The first-order chi connectivity index (χ1) is 12.6. The first kappa shape index (κ1) is 18.2.